The molecular weight excluding hydrogens is 264 g/mol. The lowest BCUT2D eigenvalue weighted by Crippen LogP contribution is -2.19. The second-order valence-electron chi connectivity index (χ2n) is 3.86. The van der Waals surface area contributed by atoms with E-state index in [4.69, 9.17) is 9.84 Å². The molecule has 0 fully saturated rings. The van der Waals surface area contributed by atoms with Crippen molar-refractivity contribution in [3.05, 3.63) is 36.4 Å². The Hall–Kier alpha value is -2.90. The zero-order valence-electron chi connectivity index (χ0n) is 10.6. The third-order valence-corrected chi connectivity index (χ3v) is 2.49. The van der Waals surface area contributed by atoms with Crippen LogP contribution < -0.4 is 10.1 Å². The minimum Gasteiger partial charge on any atom is -0.496 e. The van der Waals surface area contributed by atoms with Crippen LogP contribution in [0.25, 0.3) is 0 Å². The molecule has 8 nitrogen and oxygen atoms in total. The monoisotopic (exact) mass is 276 g/mol. The van der Waals surface area contributed by atoms with E-state index in [1.807, 2.05) is 0 Å². The number of nitrogens with one attached hydrogen (secondary N) is 1. The van der Waals surface area contributed by atoms with Gasteiger partial charge in [-0.3, -0.25) is 4.79 Å². The molecular formula is C12H12N4O4. The van der Waals surface area contributed by atoms with Crippen LogP contribution in [-0.2, 0) is 11.3 Å². The molecule has 2 N–H and O–H groups in total. The zero-order valence-corrected chi connectivity index (χ0v) is 10.6. The van der Waals surface area contributed by atoms with Crippen LogP contribution in [-0.4, -0.2) is 38.9 Å². The van der Waals surface area contributed by atoms with Crippen LogP contribution in [0, 0.1) is 0 Å². The molecule has 0 aliphatic rings. The number of anilines is 1. The predicted molar refractivity (Wildman–Crippen MR) is 68.6 cm³/mol. The summed E-state index contributed by atoms with van der Waals surface area (Å²) in [6, 6.07) is 4.31. The fourth-order valence-corrected chi connectivity index (χ4v) is 1.61. The topological polar surface area (TPSA) is 106 Å². The summed E-state index contributed by atoms with van der Waals surface area (Å²) in [7, 11) is 1.36. The number of carboxylic acids is 1. The maximum atomic E-state index is 11.7. The van der Waals surface area contributed by atoms with Gasteiger partial charge in [0, 0.05) is 11.8 Å². The van der Waals surface area contributed by atoms with E-state index in [1.165, 1.54) is 42.6 Å². The summed E-state index contributed by atoms with van der Waals surface area (Å²) in [6.07, 6.45) is 2.76. The van der Waals surface area contributed by atoms with Gasteiger partial charge in [0.15, 0.2) is 0 Å². The van der Waals surface area contributed by atoms with Crippen LogP contribution in [0.3, 0.4) is 0 Å². The van der Waals surface area contributed by atoms with E-state index >= 15 is 0 Å². The first-order chi connectivity index (χ1) is 9.60. The first-order valence-corrected chi connectivity index (χ1v) is 5.63. The third-order valence-electron chi connectivity index (χ3n) is 2.49. The molecule has 0 aliphatic carbocycles. The van der Waals surface area contributed by atoms with Gasteiger partial charge in [-0.25, -0.2) is 14.5 Å². The van der Waals surface area contributed by atoms with E-state index in [-0.39, 0.29) is 23.8 Å². The number of benzene rings is 1. The molecule has 0 saturated carbocycles. The van der Waals surface area contributed by atoms with E-state index in [0.717, 1.165) is 0 Å². The summed E-state index contributed by atoms with van der Waals surface area (Å²) in [5.74, 6) is -1.22. The van der Waals surface area contributed by atoms with Crippen molar-refractivity contribution in [1.82, 2.24) is 14.8 Å². The van der Waals surface area contributed by atoms with Crippen molar-refractivity contribution in [3.8, 4) is 5.75 Å². The second kappa shape index (κ2) is 5.83. The number of ether oxygens (including phenoxy) is 1. The quantitative estimate of drug-likeness (QED) is 0.829. The summed E-state index contributed by atoms with van der Waals surface area (Å²) in [5, 5.41) is 15.4. The molecule has 0 spiro atoms. The van der Waals surface area contributed by atoms with Crippen molar-refractivity contribution in [1.29, 1.82) is 0 Å². The van der Waals surface area contributed by atoms with Crippen molar-refractivity contribution >= 4 is 17.6 Å². The molecule has 0 atom stereocenters. The summed E-state index contributed by atoms with van der Waals surface area (Å²) in [6.45, 7) is 0.0169. The van der Waals surface area contributed by atoms with E-state index in [1.54, 1.807) is 0 Å². The van der Waals surface area contributed by atoms with Gasteiger partial charge in [-0.05, 0) is 12.1 Å². The lowest BCUT2D eigenvalue weighted by molar-refractivity contribution is -0.116. The van der Waals surface area contributed by atoms with Gasteiger partial charge < -0.3 is 15.2 Å². The number of hydrogen-bond acceptors (Lipinski definition) is 5. The number of hydrogen-bond donors (Lipinski definition) is 2. The molecule has 0 saturated heterocycles. The Morgan fingerprint density at radius 1 is 1.45 bits per heavy atom. The Balaban J connectivity index is 2.09. The maximum absolute atomic E-state index is 11.7. The summed E-state index contributed by atoms with van der Waals surface area (Å²) in [5.41, 5.74) is 0.471. The first kappa shape index (κ1) is 13.5. The van der Waals surface area contributed by atoms with Gasteiger partial charge >= 0.3 is 5.97 Å². The van der Waals surface area contributed by atoms with Crippen LogP contribution >= 0.6 is 0 Å². The van der Waals surface area contributed by atoms with Crippen LogP contribution in [0.15, 0.2) is 30.9 Å². The number of methoxy groups -OCH3 is 1. The third kappa shape index (κ3) is 3.10. The molecule has 0 bridgehead atoms. The lowest BCUT2D eigenvalue weighted by Gasteiger charge is -2.09. The predicted octanol–water partition coefficient (Wildman–Crippen LogP) is 0.624. The van der Waals surface area contributed by atoms with Crippen molar-refractivity contribution in [3.63, 3.8) is 0 Å². The van der Waals surface area contributed by atoms with Gasteiger partial charge in [0.2, 0.25) is 5.91 Å². The number of carbonyl (C=O) groups excluding carboxylic acids is 1. The normalized spacial score (nSPS) is 10.1. The number of carboxylic acid groups (broad SMARTS) is 1. The number of nitrogens with zero attached hydrogens (tertiary/aromatic N) is 3. The molecule has 1 aromatic heterocycles. The smallest absolute Gasteiger partial charge is 0.339 e. The van der Waals surface area contributed by atoms with Crippen LogP contribution in [0.2, 0.25) is 0 Å². The standard InChI is InChI=1S/C12H12N4O4/c1-20-10-4-8(2-3-9(10)12(18)19)15-11(17)5-16-7-13-6-14-16/h2-4,6-7H,5H2,1H3,(H,15,17)(H,18,19). The number of amides is 1. The minimum absolute atomic E-state index is 0.0169. The molecule has 104 valence electrons. The Morgan fingerprint density at radius 3 is 2.85 bits per heavy atom. The van der Waals surface area contributed by atoms with Crippen LogP contribution in [0.4, 0.5) is 5.69 Å². The molecule has 20 heavy (non-hydrogen) atoms. The molecule has 0 radical (unpaired) electrons. The molecule has 0 aliphatic heterocycles. The molecule has 1 heterocycles. The fraction of sp³-hybridized carbons (Fsp3) is 0.167. The molecule has 0 unspecified atom stereocenters. The highest BCUT2D eigenvalue weighted by Gasteiger charge is 2.12. The number of rotatable bonds is 5. The number of aromatic carboxylic acids is 1. The molecule has 2 rings (SSSR count). The average Bonchev–Trinajstić information content (AvgIpc) is 2.90. The number of carbonyl (C=O) groups is 2. The Bertz CT molecular complexity index is 624. The van der Waals surface area contributed by atoms with E-state index in [2.05, 4.69) is 15.4 Å². The second-order valence-corrected chi connectivity index (χ2v) is 3.86. The minimum atomic E-state index is -1.10. The summed E-state index contributed by atoms with van der Waals surface area (Å²) in [4.78, 5) is 26.4. The lowest BCUT2D eigenvalue weighted by atomic mass is 10.2. The van der Waals surface area contributed by atoms with Crippen molar-refractivity contribution in [2.24, 2.45) is 0 Å². The average molecular weight is 276 g/mol. The van der Waals surface area contributed by atoms with E-state index in [9.17, 15) is 9.59 Å². The van der Waals surface area contributed by atoms with E-state index in [0.29, 0.717) is 5.69 Å². The Morgan fingerprint density at radius 2 is 2.25 bits per heavy atom. The zero-order chi connectivity index (χ0) is 14.5. The van der Waals surface area contributed by atoms with Gasteiger partial charge in [-0.1, -0.05) is 0 Å². The fourth-order valence-electron chi connectivity index (χ4n) is 1.61. The maximum Gasteiger partial charge on any atom is 0.339 e. The molecule has 8 heteroatoms. The van der Waals surface area contributed by atoms with Crippen molar-refractivity contribution in [2.75, 3.05) is 12.4 Å². The highest BCUT2D eigenvalue weighted by molar-refractivity contribution is 5.94. The molecule has 1 aromatic carbocycles. The molecule has 2 aromatic rings. The largest absolute Gasteiger partial charge is 0.496 e. The van der Waals surface area contributed by atoms with Gasteiger partial charge in [0.25, 0.3) is 0 Å². The van der Waals surface area contributed by atoms with Crippen molar-refractivity contribution < 1.29 is 19.4 Å². The van der Waals surface area contributed by atoms with Gasteiger partial charge in [-0.15, -0.1) is 0 Å². The summed E-state index contributed by atoms with van der Waals surface area (Å²) < 4.78 is 6.35. The first-order valence-electron chi connectivity index (χ1n) is 5.63. The van der Waals surface area contributed by atoms with Gasteiger partial charge in [-0.2, -0.15) is 5.10 Å². The molecule has 1 amide bonds. The highest BCUT2D eigenvalue weighted by Crippen LogP contribution is 2.23. The van der Waals surface area contributed by atoms with Crippen LogP contribution in [0.1, 0.15) is 10.4 Å². The van der Waals surface area contributed by atoms with Crippen molar-refractivity contribution in [2.45, 2.75) is 6.54 Å². The van der Waals surface area contributed by atoms with Gasteiger partial charge in [0.05, 0.1) is 7.11 Å². The summed E-state index contributed by atoms with van der Waals surface area (Å²) >= 11 is 0. The highest BCUT2D eigenvalue weighted by atomic mass is 16.5. The Kier molecular flexibility index (Phi) is 3.94. The van der Waals surface area contributed by atoms with E-state index < -0.39 is 5.97 Å². The van der Waals surface area contributed by atoms with Gasteiger partial charge in [0.1, 0.15) is 30.5 Å². The number of aromatic nitrogens is 3. The SMILES string of the molecule is COc1cc(NC(=O)Cn2cncn2)ccc1C(=O)O. The Labute approximate surface area is 114 Å². The van der Waals surface area contributed by atoms with Crippen LogP contribution in [0.5, 0.6) is 5.75 Å².